The molecular formula is C7H12N2O2Y-2. The first kappa shape index (κ1) is 14.7. The van der Waals surface area contributed by atoms with E-state index in [0.29, 0.717) is 0 Å². The summed E-state index contributed by atoms with van der Waals surface area (Å²) in [5, 5.41) is 5.88. The molecule has 1 aliphatic heterocycles. The molecule has 1 unspecified atom stereocenters. The van der Waals surface area contributed by atoms with E-state index in [4.69, 9.17) is 0 Å². The Bertz CT molecular complexity index is 161. The monoisotopic (exact) mass is 245 g/mol. The van der Waals surface area contributed by atoms with Crippen LogP contribution in [0.25, 0.3) is 5.32 Å². The third-order valence-corrected chi connectivity index (χ3v) is 1.26. The zero-order valence-corrected chi connectivity index (χ0v) is 10.2. The Hall–Kier alpha value is 0.204. The number of nitrogens with zero attached hydrogens (tertiary/aromatic N) is 1. The van der Waals surface area contributed by atoms with Crippen LogP contribution in [-0.4, -0.2) is 24.9 Å². The standard InChI is InChI=1S/C5H8N2O2.C2H5.Y/c1-6-3-2-4(8)7-5(3)9;1-2;/h3,6H,2H2,1H3,(H,7,8,9);1H2,2H3;/q;-1;/p-1. The predicted molar refractivity (Wildman–Crippen MR) is 41.9 cm³/mol. The molecule has 67 valence electrons. The van der Waals surface area contributed by atoms with Crippen molar-refractivity contribution in [2.75, 3.05) is 7.05 Å². The molecule has 4 nitrogen and oxygen atoms in total. The van der Waals surface area contributed by atoms with Gasteiger partial charge in [0.15, 0.2) is 0 Å². The van der Waals surface area contributed by atoms with E-state index in [1.165, 1.54) is 0 Å². The van der Waals surface area contributed by atoms with E-state index in [1.807, 2.05) is 0 Å². The second kappa shape index (κ2) is 7.83. The van der Waals surface area contributed by atoms with Gasteiger partial charge in [-0.3, -0.25) is 0 Å². The molecule has 1 heterocycles. The molecule has 0 aliphatic carbocycles. The van der Waals surface area contributed by atoms with Crippen molar-refractivity contribution < 1.29 is 42.3 Å². The topological polar surface area (TPSA) is 60.3 Å². The van der Waals surface area contributed by atoms with Gasteiger partial charge in [0.1, 0.15) is 0 Å². The minimum absolute atomic E-state index is 0. The molecule has 0 spiro atoms. The Kier molecular flexibility index (Phi) is 9.60. The summed E-state index contributed by atoms with van der Waals surface area (Å²) in [6.07, 6.45) is 0.218. The molecule has 1 rings (SSSR count). The van der Waals surface area contributed by atoms with E-state index in [2.05, 4.69) is 17.6 Å². The van der Waals surface area contributed by atoms with Crippen LogP contribution in [0.1, 0.15) is 13.3 Å². The first-order valence-corrected chi connectivity index (χ1v) is 3.40. The molecule has 1 aliphatic rings. The number of imide groups is 1. The van der Waals surface area contributed by atoms with Crippen molar-refractivity contribution in [1.29, 1.82) is 0 Å². The predicted octanol–water partition coefficient (Wildman–Crippen LogP) is 0.243. The third kappa shape index (κ3) is 4.28. The number of amides is 2. The van der Waals surface area contributed by atoms with Crippen molar-refractivity contribution in [2.45, 2.75) is 19.4 Å². The fourth-order valence-corrected chi connectivity index (χ4v) is 0.734. The van der Waals surface area contributed by atoms with E-state index in [9.17, 15) is 9.59 Å². The summed E-state index contributed by atoms with van der Waals surface area (Å²) >= 11 is 0. The van der Waals surface area contributed by atoms with E-state index in [0.717, 1.165) is 0 Å². The Morgan fingerprint density at radius 2 is 2.00 bits per heavy atom. The number of hydrogen-bond acceptors (Lipinski definition) is 3. The average Bonchev–Trinajstić information content (AvgIpc) is 2.33. The molecule has 1 saturated heterocycles. The summed E-state index contributed by atoms with van der Waals surface area (Å²) in [4.78, 5) is 21.0. The second-order valence-corrected chi connectivity index (χ2v) is 1.89. The Morgan fingerprint density at radius 3 is 2.17 bits per heavy atom. The van der Waals surface area contributed by atoms with E-state index in [-0.39, 0.29) is 57.0 Å². The van der Waals surface area contributed by atoms with Gasteiger partial charge in [0, 0.05) is 39.1 Å². The van der Waals surface area contributed by atoms with Crippen LogP contribution in [0.4, 0.5) is 0 Å². The molecular weight excluding hydrogens is 233 g/mol. The van der Waals surface area contributed by atoms with Crippen LogP contribution in [0.3, 0.4) is 0 Å². The zero-order chi connectivity index (χ0) is 8.85. The fraction of sp³-hybridized carbons (Fsp3) is 0.571. The molecule has 1 atom stereocenters. The Balaban J connectivity index is 0. The number of rotatable bonds is 1. The number of carbonyl (C=O) groups is 2. The maximum atomic E-state index is 10.6. The van der Waals surface area contributed by atoms with Gasteiger partial charge in [-0.2, -0.15) is 6.92 Å². The average molecular weight is 245 g/mol. The molecule has 0 bridgehead atoms. The Labute approximate surface area is 97.7 Å². The summed E-state index contributed by atoms with van der Waals surface area (Å²) in [6.45, 7) is 5.00. The van der Waals surface area contributed by atoms with Gasteiger partial charge in [0.2, 0.25) is 0 Å². The third-order valence-electron chi connectivity index (χ3n) is 1.26. The largest absolute Gasteiger partial charge is 0.595 e. The van der Waals surface area contributed by atoms with Crippen molar-refractivity contribution in [3.63, 3.8) is 0 Å². The first-order valence-electron chi connectivity index (χ1n) is 3.40. The van der Waals surface area contributed by atoms with E-state index < -0.39 is 0 Å². The van der Waals surface area contributed by atoms with Crippen LogP contribution in [0.15, 0.2) is 0 Å². The van der Waals surface area contributed by atoms with Gasteiger partial charge in [0.25, 0.3) is 0 Å². The van der Waals surface area contributed by atoms with Gasteiger partial charge >= 0.3 is 0 Å². The molecule has 12 heavy (non-hydrogen) atoms. The molecule has 5 heteroatoms. The quantitative estimate of drug-likeness (QED) is 0.531. The van der Waals surface area contributed by atoms with Crippen LogP contribution in [0.5, 0.6) is 0 Å². The molecule has 0 aromatic heterocycles. The van der Waals surface area contributed by atoms with E-state index >= 15 is 0 Å². The first-order chi connectivity index (χ1) is 5.24. The van der Waals surface area contributed by atoms with Gasteiger partial charge in [-0.25, -0.2) is 0 Å². The van der Waals surface area contributed by atoms with Gasteiger partial charge in [0.05, 0.1) is 17.9 Å². The summed E-state index contributed by atoms with van der Waals surface area (Å²) in [5.74, 6) is -0.665. The number of carbonyl (C=O) groups excluding carboxylic acids is 2. The number of hydrogen-bond donors (Lipinski definition) is 1. The second-order valence-electron chi connectivity index (χ2n) is 1.89. The molecule has 0 aromatic carbocycles. The van der Waals surface area contributed by atoms with Crippen molar-refractivity contribution in [3.8, 4) is 0 Å². The van der Waals surface area contributed by atoms with Crippen molar-refractivity contribution in [3.05, 3.63) is 12.2 Å². The maximum Gasteiger partial charge on any atom is 0.0741 e. The minimum atomic E-state index is -0.363. The van der Waals surface area contributed by atoms with Crippen LogP contribution < -0.4 is 5.32 Å². The molecule has 2 amide bonds. The number of nitrogens with one attached hydrogen (secondary N) is 1. The summed E-state index contributed by atoms with van der Waals surface area (Å²) in [7, 11) is 1.64. The SMILES string of the molecule is CNC1CC(=O)[N-]C1=O.[CH2-]C.[Y]. The van der Waals surface area contributed by atoms with Crippen molar-refractivity contribution in [2.24, 2.45) is 0 Å². The fourth-order valence-electron chi connectivity index (χ4n) is 0.734. The van der Waals surface area contributed by atoms with Crippen LogP contribution in [0.2, 0.25) is 0 Å². The van der Waals surface area contributed by atoms with Gasteiger partial charge < -0.3 is 27.1 Å². The maximum absolute atomic E-state index is 10.6. The van der Waals surface area contributed by atoms with Gasteiger partial charge in [-0.1, -0.05) is 0 Å². The summed E-state index contributed by atoms with van der Waals surface area (Å²) in [6, 6.07) is -0.363. The zero-order valence-electron chi connectivity index (χ0n) is 7.33. The van der Waals surface area contributed by atoms with Crippen molar-refractivity contribution >= 4 is 11.8 Å². The van der Waals surface area contributed by atoms with Crippen LogP contribution in [-0.2, 0) is 42.3 Å². The molecule has 0 saturated carbocycles. The van der Waals surface area contributed by atoms with Crippen LogP contribution in [0, 0.1) is 6.92 Å². The molecule has 1 fully saturated rings. The normalized spacial score (nSPS) is 20.4. The van der Waals surface area contributed by atoms with Gasteiger partial charge in [-0.05, 0) is 7.05 Å². The summed E-state index contributed by atoms with van der Waals surface area (Å²) < 4.78 is 0. The minimum Gasteiger partial charge on any atom is -0.595 e. The molecule has 1 radical (unpaired) electrons. The number of likely N-dealkylation sites (N-methyl/N-ethyl adjacent to an activating group) is 1. The Morgan fingerprint density at radius 1 is 1.50 bits per heavy atom. The van der Waals surface area contributed by atoms with E-state index in [1.54, 1.807) is 14.0 Å². The molecule has 1 N–H and O–H groups in total. The molecule has 0 aromatic rings. The van der Waals surface area contributed by atoms with Gasteiger partial charge in [-0.15, -0.1) is 0 Å². The summed E-state index contributed by atoms with van der Waals surface area (Å²) in [5.41, 5.74) is 0. The van der Waals surface area contributed by atoms with Crippen LogP contribution >= 0.6 is 0 Å². The smallest absolute Gasteiger partial charge is 0.0741 e. The van der Waals surface area contributed by atoms with Crippen molar-refractivity contribution in [1.82, 2.24) is 5.32 Å².